The molecule has 0 nitrogen and oxygen atoms in total. The van der Waals surface area contributed by atoms with E-state index in [1.54, 1.807) is 12.1 Å². The first-order valence-electron chi connectivity index (χ1n) is 3.19. The Kier molecular flexibility index (Phi) is 3.52. The summed E-state index contributed by atoms with van der Waals surface area (Å²) < 4.78 is 13.9. The number of hydrogen-bond acceptors (Lipinski definition) is 0. The lowest BCUT2D eigenvalue weighted by molar-refractivity contribution is 0.382. The zero-order valence-electron chi connectivity index (χ0n) is 5.73. The van der Waals surface area contributed by atoms with Gasteiger partial charge >= 0.3 is 0 Å². The topological polar surface area (TPSA) is 0 Å². The first kappa shape index (κ1) is 9.20. The number of benzene rings is 1. The van der Waals surface area contributed by atoms with E-state index in [1.165, 1.54) is 0 Å². The van der Waals surface area contributed by atoms with Crippen molar-refractivity contribution in [1.82, 2.24) is 0 Å². The van der Waals surface area contributed by atoms with Gasteiger partial charge in [0.15, 0.2) is 0 Å². The maximum atomic E-state index is 13.0. The predicted molar refractivity (Wildman–Crippen MR) is 51.8 cm³/mol. The van der Waals surface area contributed by atoms with Gasteiger partial charge in [0, 0.05) is 9.80 Å². The van der Waals surface area contributed by atoms with Crippen LogP contribution in [-0.2, 0) is 0 Å². The second-order valence-corrected chi connectivity index (χ2v) is 3.74. The molecular formula is C8H7Br2F. The van der Waals surface area contributed by atoms with E-state index < -0.39 is 6.17 Å². The van der Waals surface area contributed by atoms with Gasteiger partial charge in [0.25, 0.3) is 0 Å². The van der Waals surface area contributed by atoms with E-state index in [4.69, 9.17) is 0 Å². The van der Waals surface area contributed by atoms with Gasteiger partial charge in [0.1, 0.15) is 6.17 Å². The number of hydrogen-bond donors (Lipinski definition) is 0. The molecule has 0 heterocycles. The zero-order valence-corrected chi connectivity index (χ0v) is 8.90. The number of alkyl halides is 2. The van der Waals surface area contributed by atoms with E-state index in [0.717, 1.165) is 4.47 Å². The van der Waals surface area contributed by atoms with Crippen LogP contribution in [0.15, 0.2) is 28.7 Å². The molecule has 1 aromatic rings. The molecule has 60 valence electrons. The predicted octanol–water partition coefficient (Wildman–Crippen LogP) is 3.85. The highest BCUT2D eigenvalue weighted by Crippen LogP contribution is 2.22. The molecule has 0 fully saturated rings. The van der Waals surface area contributed by atoms with E-state index >= 15 is 0 Å². The van der Waals surface area contributed by atoms with Crippen LogP contribution in [0.2, 0.25) is 0 Å². The fourth-order valence-corrected chi connectivity index (χ4v) is 1.58. The Morgan fingerprint density at radius 3 is 2.73 bits per heavy atom. The Hall–Kier alpha value is 0.110. The van der Waals surface area contributed by atoms with Crippen molar-refractivity contribution >= 4 is 31.9 Å². The number of halogens is 3. The lowest BCUT2D eigenvalue weighted by atomic mass is 10.1. The minimum Gasteiger partial charge on any atom is -0.241 e. The first-order valence-corrected chi connectivity index (χ1v) is 5.11. The molecule has 1 atom stereocenters. The Morgan fingerprint density at radius 1 is 1.45 bits per heavy atom. The van der Waals surface area contributed by atoms with Crippen LogP contribution in [0.5, 0.6) is 0 Å². The van der Waals surface area contributed by atoms with Gasteiger partial charge in [-0.25, -0.2) is 4.39 Å². The molecule has 0 aliphatic carbocycles. The Bertz CT molecular complexity index is 237. The van der Waals surface area contributed by atoms with Gasteiger partial charge < -0.3 is 0 Å². The van der Waals surface area contributed by atoms with Crippen LogP contribution >= 0.6 is 31.9 Å². The maximum absolute atomic E-state index is 13.0. The van der Waals surface area contributed by atoms with Crippen LogP contribution < -0.4 is 0 Å². The highest BCUT2D eigenvalue weighted by molar-refractivity contribution is 9.10. The largest absolute Gasteiger partial charge is 0.241 e. The summed E-state index contributed by atoms with van der Waals surface area (Å²) in [5, 5.41) is 0.351. The number of rotatable bonds is 2. The molecule has 0 saturated heterocycles. The van der Waals surface area contributed by atoms with Crippen LogP contribution in [0.25, 0.3) is 0 Å². The SMILES string of the molecule is FC(CBr)c1cccc(Br)c1. The summed E-state index contributed by atoms with van der Waals surface area (Å²) >= 11 is 6.36. The van der Waals surface area contributed by atoms with Crippen molar-refractivity contribution in [1.29, 1.82) is 0 Å². The third-order valence-electron chi connectivity index (χ3n) is 1.35. The Labute approximate surface area is 82.1 Å². The molecule has 0 aliphatic rings. The molecule has 0 aromatic heterocycles. The minimum atomic E-state index is -0.910. The van der Waals surface area contributed by atoms with Crippen molar-refractivity contribution in [2.45, 2.75) is 6.17 Å². The smallest absolute Gasteiger partial charge is 0.135 e. The highest BCUT2D eigenvalue weighted by Gasteiger charge is 2.06. The summed E-state index contributed by atoms with van der Waals surface area (Å²) in [4.78, 5) is 0. The Balaban J connectivity index is 2.86. The molecule has 0 bridgehead atoms. The fraction of sp³-hybridized carbons (Fsp3) is 0.250. The summed E-state index contributed by atoms with van der Waals surface area (Å²) in [7, 11) is 0. The molecule has 0 radical (unpaired) electrons. The van der Waals surface area contributed by atoms with Crippen LogP contribution in [-0.4, -0.2) is 5.33 Å². The molecular weight excluding hydrogens is 275 g/mol. The van der Waals surface area contributed by atoms with Gasteiger partial charge in [0.05, 0.1) is 0 Å². The van der Waals surface area contributed by atoms with Crippen molar-refractivity contribution in [2.24, 2.45) is 0 Å². The molecule has 3 heteroatoms. The highest BCUT2D eigenvalue weighted by atomic mass is 79.9. The summed E-state index contributed by atoms with van der Waals surface area (Å²) in [6.45, 7) is 0. The molecule has 0 spiro atoms. The normalized spacial score (nSPS) is 13.0. The van der Waals surface area contributed by atoms with E-state index in [2.05, 4.69) is 31.9 Å². The second kappa shape index (κ2) is 4.21. The van der Waals surface area contributed by atoms with Crippen LogP contribution in [0.4, 0.5) is 4.39 Å². The monoisotopic (exact) mass is 280 g/mol. The average molecular weight is 282 g/mol. The van der Waals surface area contributed by atoms with E-state index in [0.29, 0.717) is 10.9 Å². The van der Waals surface area contributed by atoms with E-state index in [1.807, 2.05) is 12.1 Å². The third kappa shape index (κ3) is 2.56. The van der Waals surface area contributed by atoms with Crippen molar-refractivity contribution in [3.63, 3.8) is 0 Å². The molecule has 0 aliphatic heterocycles. The standard InChI is InChI=1S/C8H7Br2F/c9-5-8(11)6-2-1-3-7(10)4-6/h1-4,8H,5H2. The zero-order chi connectivity index (χ0) is 8.27. The second-order valence-electron chi connectivity index (χ2n) is 2.18. The summed E-state index contributed by atoms with van der Waals surface area (Å²) in [5.74, 6) is 0. The average Bonchev–Trinajstić information content (AvgIpc) is 2.03. The summed E-state index contributed by atoms with van der Waals surface area (Å²) in [6, 6.07) is 7.27. The van der Waals surface area contributed by atoms with Crippen molar-refractivity contribution in [2.75, 3.05) is 5.33 Å². The summed E-state index contributed by atoms with van der Waals surface area (Å²) in [6.07, 6.45) is -0.910. The molecule has 1 aromatic carbocycles. The first-order chi connectivity index (χ1) is 5.24. The molecule has 1 unspecified atom stereocenters. The third-order valence-corrected chi connectivity index (χ3v) is 2.41. The van der Waals surface area contributed by atoms with E-state index in [-0.39, 0.29) is 0 Å². The van der Waals surface area contributed by atoms with Crippen molar-refractivity contribution in [3.05, 3.63) is 34.3 Å². The maximum Gasteiger partial charge on any atom is 0.135 e. The fourth-order valence-electron chi connectivity index (χ4n) is 0.791. The van der Waals surface area contributed by atoms with Crippen LogP contribution in [0.1, 0.15) is 11.7 Å². The molecule has 1 rings (SSSR count). The lowest BCUT2D eigenvalue weighted by Crippen LogP contribution is -1.91. The van der Waals surface area contributed by atoms with Gasteiger partial charge in [-0.05, 0) is 17.7 Å². The van der Waals surface area contributed by atoms with Gasteiger partial charge in [-0.15, -0.1) is 0 Å². The van der Waals surface area contributed by atoms with Gasteiger partial charge in [-0.3, -0.25) is 0 Å². The van der Waals surface area contributed by atoms with Crippen LogP contribution in [0, 0.1) is 0 Å². The van der Waals surface area contributed by atoms with E-state index in [9.17, 15) is 4.39 Å². The lowest BCUT2D eigenvalue weighted by Gasteiger charge is -2.03. The molecule has 0 N–H and O–H groups in total. The van der Waals surface area contributed by atoms with Gasteiger partial charge in [0.2, 0.25) is 0 Å². The van der Waals surface area contributed by atoms with Crippen molar-refractivity contribution < 1.29 is 4.39 Å². The molecule has 11 heavy (non-hydrogen) atoms. The summed E-state index contributed by atoms with van der Waals surface area (Å²) in [5.41, 5.74) is 0.705. The van der Waals surface area contributed by atoms with Crippen molar-refractivity contribution in [3.8, 4) is 0 Å². The molecule has 0 saturated carbocycles. The molecule has 0 amide bonds. The van der Waals surface area contributed by atoms with Crippen LogP contribution in [0.3, 0.4) is 0 Å². The Morgan fingerprint density at radius 2 is 2.18 bits per heavy atom. The minimum absolute atomic E-state index is 0.351. The quantitative estimate of drug-likeness (QED) is 0.723. The van der Waals surface area contributed by atoms with Gasteiger partial charge in [-0.2, -0.15) is 0 Å². The van der Waals surface area contributed by atoms with Gasteiger partial charge in [-0.1, -0.05) is 44.0 Å².